The molecule has 0 saturated carbocycles. The van der Waals surface area contributed by atoms with Crippen LogP contribution in [0.15, 0.2) is 34.2 Å². The number of aryl methyl sites for hydroxylation is 1. The summed E-state index contributed by atoms with van der Waals surface area (Å²) in [6.45, 7) is 6.85. The molecule has 1 aliphatic rings. The van der Waals surface area contributed by atoms with Crippen LogP contribution in [-0.4, -0.2) is 27.8 Å². The van der Waals surface area contributed by atoms with Crippen LogP contribution in [-0.2, 0) is 17.6 Å². The van der Waals surface area contributed by atoms with E-state index in [2.05, 4.69) is 12.2 Å². The van der Waals surface area contributed by atoms with Crippen LogP contribution in [0.25, 0.3) is 15.9 Å². The standard InChI is InChI=1S/C23H26FN3O2S2/c1-13(2)11-25-19(28)12-30-23-26-21-20(15-9-8-14(3)10-18(15)31-21)22(29)27(23)17-7-5-4-6-16(17)24/h4-7,13-14H,8-12H2,1-3H3,(H,25,28). The summed E-state index contributed by atoms with van der Waals surface area (Å²) in [5.41, 5.74) is 0.968. The molecule has 1 unspecified atom stereocenters. The molecule has 4 rings (SSSR count). The van der Waals surface area contributed by atoms with Crippen molar-refractivity contribution < 1.29 is 9.18 Å². The number of hydrogen-bond donors (Lipinski definition) is 1. The fourth-order valence-electron chi connectivity index (χ4n) is 3.81. The summed E-state index contributed by atoms with van der Waals surface area (Å²) in [7, 11) is 0. The summed E-state index contributed by atoms with van der Waals surface area (Å²) in [5, 5.41) is 3.82. The highest BCUT2D eigenvalue weighted by molar-refractivity contribution is 7.99. The first-order valence-corrected chi connectivity index (χ1v) is 12.4. The van der Waals surface area contributed by atoms with Crippen LogP contribution in [0.3, 0.4) is 0 Å². The lowest BCUT2D eigenvalue weighted by molar-refractivity contribution is -0.118. The number of amides is 1. The topological polar surface area (TPSA) is 64.0 Å². The van der Waals surface area contributed by atoms with Crippen molar-refractivity contribution in [1.82, 2.24) is 14.9 Å². The summed E-state index contributed by atoms with van der Waals surface area (Å²) in [6, 6.07) is 6.20. The molecule has 0 saturated heterocycles. The molecule has 5 nitrogen and oxygen atoms in total. The lowest BCUT2D eigenvalue weighted by Gasteiger charge is -2.18. The molecule has 1 N–H and O–H groups in total. The van der Waals surface area contributed by atoms with E-state index in [1.54, 1.807) is 29.5 Å². The van der Waals surface area contributed by atoms with Crippen molar-refractivity contribution in [2.75, 3.05) is 12.3 Å². The van der Waals surface area contributed by atoms with Gasteiger partial charge in [-0.05, 0) is 48.8 Å². The summed E-state index contributed by atoms with van der Waals surface area (Å²) >= 11 is 2.72. The molecule has 31 heavy (non-hydrogen) atoms. The Morgan fingerprint density at radius 2 is 2.16 bits per heavy atom. The number of hydrogen-bond acceptors (Lipinski definition) is 5. The van der Waals surface area contributed by atoms with Crippen LogP contribution >= 0.6 is 23.1 Å². The lowest BCUT2D eigenvalue weighted by atomic mass is 9.89. The van der Waals surface area contributed by atoms with Crippen LogP contribution in [0.4, 0.5) is 4.39 Å². The Morgan fingerprint density at radius 1 is 1.39 bits per heavy atom. The number of thiophene rings is 1. The SMILES string of the molecule is CC(C)CNC(=O)CSc1nc2sc3c(c2c(=O)n1-c1ccccc1F)CCC(C)C3. The van der Waals surface area contributed by atoms with E-state index in [1.165, 1.54) is 27.3 Å². The van der Waals surface area contributed by atoms with Crippen molar-refractivity contribution in [3.63, 3.8) is 0 Å². The Hall–Kier alpha value is -2.19. The molecule has 1 atom stereocenters. The number of para-hydroxylation sites is 1. The average molecular weight is 460 g/mol. The van der Waals surface area contributed by atoms with Gasteiger partial charge in [0.2, 0.25) is 5.91 Å². The Kier molecular flexibility index (Phi) is 6.48. The molecule has 8 heteroatoms. The van der Waals surface area contributed by atoms with E-state index in [1.807, 2.05) is 13.8 Å². The monoisotopic (exact) mass is 459 g/mol. The predicted octanol–water partition coefficient (Wildman–Crippen LogP) is 4.58. The molecule has 1 amide bonds. The van der Waals surface area contributed by atoms with E-state index in [-0.39, 0.29) is 22.9 Å². The zero-order valence-corrected chi connectivity index (χ0v) is 19.5. The molecule has 2 aromatic heterocycles. The molecule has 1 aliphatic carbocycles. The number of benzene rings is 1. The second-order valence-corrected chi connectivity index (χ2v) is 10.5. The maximum atomic E-state index is 14.7. The van der Waals surface area contributed by atoms with Gasteiger partial charge < -0.3 is 5.32 Å². The Labute approximate surface area is 189 Å². The van der Waals surface area contributed by atoms with Crippen molar-refractivity contribution in [2.45, 2.75) is 45.2 Å². The van der Waals surface area contributed by atoms with Gasteiger partial charge in [0.05, 0.1) is 16.8 Å². The Balaban J connectivity index is 1.80. The van der Waals surface area contributed by atoms with E-state index in [0.29, 0.717) is 33.8 Å². The van der Waals surface area contributed by atoms with Gasteiger partial charge in [-0.3, -0.25) is 14.2 Å². The first-order valence-electron chi connectivity index (χ1n) is 10.6. The van der Waals surface area contributed by atoms with Crippen molar-refractivity contribution >= 4 is 39.2 Å². The van der Waals surface area contributed by atoms with E-state index in [4.69, 9.17) is 4.98 Å². The fraction of sp³-hybridized carbons (Fsp3) is 0.435. The minimum Gasteiger partial charge on any atom is -0.355 e. The number of carbonyl (C=O) groups excluding carboxylic acids is 1. The molecule has 0 radical (unpaired) electrons. The molecule has 0 fully saturated rings. The van der Waals surface area contributed by atoms with E-state index >= 15 is 0 Å². The molecule has 0 bridgehead atoms. The summed E-state index contributed by atoms with van der Waals surface area (Å²) in [6.07, 6.45) is 2.81. The number of nitrogens with zero attached hydrogens (tertiary/aromatic N) is 2. The third-order valence-electron chi connectivity index (χ3n) is 5.43. The van der Waals surface area contributed by atoms with Crippen LogP contribution in [0.5, 0.6) is 0 Å². The fourth-order valence-corrected chi connectivity index (χ4v) is 6.07. The van der Waals surface area contributed by atoms with Crippen LogP contribution in [0.1, 0.15) is 37.6 Å². The first kappa shape index (κ1) is 22.0. The number of thioether (sulfide) groups is 1. The molecule has 2 heterocycles. The number of fused-ring (bicyclic) bond motifs is 3. The number of rotatable bonds is 6. The van der Waals surface area contributed by atoms with Crippen LogP contribution in [0.2, 0.25) is 0 Å². The predicted molar refractivity (Wildman–Crippen MR) is 125 cm³/mol. The van der Waals surface area contributed by atoms with Gasteiger partial charge in [0.15, 0.2) is 5.16 Å². The molecule has 0 spiro atoms. The quantitative estimate of drug-likeness (QED) is 0.433. The number of carbonyl (C=O) groups is 1. The molecule has 0 aliphatic heterocycles. The minimum absolute atomic E-state index is 0.112. The van der Waals surface area contributed by atoms with Crippen molar-refractivity contribution in [2.24, 2.45) is 11.8 Å². The largest absolute Gasteiger partial charge is 0.355 e. The number of aromatic nitrogens is 2. The van der Waals surface area contributed by atoms with Crippen molar-refractivity contribution in [3.8, 4) is 5.69 Å². The zero-order chi connectivity index (χ0) is 22.1. The van der Waals surface area contributed by atoms with Gasteiger partial charge in [0.25, 0.3) is 5.56 Å². The highest BCUT2D eigenvalue weighted by atomic mass is 32.2. The molecule has 3 aromatic rings. The number of nitrogens with one attached hydrogen (secondary N) is 1. The van der Waals surface area contributed by atoms with Gasteiger partial charge >= 0.3 is 0 Å². The third kappa shape index (κ3) is 4.55. The van der Waals surface area contributed by atoms with Crippen LogP contribution in [0, 0.1) is 17.7 Å². The summed E-state index contributed by atoms with van der Waals surface area (Å²) in [4.78, 5) is 32.5. The van der Waals surface area contributed by atoms with Gasteiger partial charge in [-0.15, -0.1) is 11.3 Å². The first-order chi connectivity index (χ1) is 14.8. The number of halogens is 1. The lowest BCUT2D eigenvalue weighted by Crippen LogP contribution is -2.29. The molecular weight excluding hydrogens is 433 g/mol. The second-order valence-electron chi connectivity index (χ2n) is 8.50. The van der Waals surface area contributed by atoms with Gasteiger partial charge in [0, 0.05) is 11.4 Å². The van der Waals surface area contributed by atoms with E-state index in [0.717, 1.165) is 24.8 Å². The normalized spacial score (nSPS) is 16.0. The summed E-state index contributed by atoms with van der Waals surface area (Å²) in [5.74, 6) is 0.413. The minimum atomic E-state index is -0.491. The maximum Gasteiger partial charge on any atom is 0.267 e. The van der Waals surface area contributed by atoms with Gasteiger partial charge in [-0.1, -0.05) is 44.7 Å². The van der Waals surface area contributed by atoms with Gasteiger partial charge in [-0.25, -0.2) is 9.37 Å². The molecule has 1 aromatic carbocycles. The third-order valence-corrected chi connectivity index (χ3v) is 7.52. The summed E-state index contributed by atoms with van der Waals surface area (Å²) < 4.78 is 16.0. The highest BCUT2D eigenvalue weighted by Gasteiger charge is 2.26. The van der Waals surface area contributed by atoms with Gasteiger partial charge in [0.1, 0.15) is 10.6 Å². The molecule has 164 valence electrons. The van der Waals surface area contributed by atoms with Crippen molar-refractivity contribution in [3.05, 3.63) is 50.9 Å². The average Bonchev–Trinajstić information content (AvgIpc) is 3.09. The Morgan fingerprint density at radius 3 is 2.90 bits per heavy atom. The van der Waals surface area contributed by atoms with E-state index < -0.39 is 5.82 Å². The molecular formula is C23H26FN3O2S2. The Bertz CT molecular complexity index is 1190. The van der Waals surface area contributed by atoms with E-state index in [9.17, 15) is 14.0 Å². The van der Waals surface area contributed by atoms with Crippen LogP contribution < -0.4 is 10.9 Å². The zero-order valence-electron chi connectivity index (χ0n) is 17.9. The van der Waals surface area contributed by atoms with Gasteiger partial charge in [-0.2, -0.15) is 0 Å². The highest BCUT2D eigenvalue weighted by Crippen LogP contribution is 2.37. The maximum absolute atomic E-state index is 14.7. The second kappa shape index (κ2) is 9.12. The smallest absolute Gasteiger partial charge is 0.267 e. The van der Waals surface area contributed by atoms with Crippen molar-refractivity contribution in [1.29, 1.82) is 0 Å².